The molecule has 5 nitrogen and oxygen atoms in total. The Morgan fingerprint density at radius 2 is 1.66 bits per heavy atom. The van der Waals surface area contributed by atoms with Crippen LogP contribution in [0.5, 0.6) is 0 Å². The molecule has 0 fully saturated rings. The van der Waals surface area contributed by atoms with Crippen molar-refractivity contribution in [3.63, 3.8) is 0 Å². The predicted molar refractivity (Wildman–Crippen MR) is 119 cm³/mol. The van der Waals surface area contributed by atoms with E-state index in [4.69, 9.17) is 4.98 Å². The van der Waals surface area contributed by atoms with Crippen LogP contribution in [-0.4, -0.2) is 26.1 Å². The Morgan fingerprint density at radius 3 is 2.45 bits per heavy atom. The standard InChI is InChI=1S/C23H19N5S/c1-29-18-13-11-16(12-14-18)15-24-22-19-9-5-6-10-20(19)28-23(25-22)21(26-27-28)17-7-3-2-4-8-17/h2-14H,15H2,1H3,(H,24,25). The van der Waals surface area contributed by atoms with Crippen molar-refractivity contribution in [2.24, 2.45) is 0 Å². The smallest absolute Gasteiger partial charge is 0.186 e. The number of anilines is 1. The van der Waals surface area contributed by atoms with Gasteiger partial charge in [0.1, 0.15) is 11.5 Å². The number of benzene rings is 3. The molecule has 0 radical (unpaired) electrons. The van der Waals surface area contributed by atoms with Crippen molar-refractivity contribution < 1.29 is 0 Å². The maximum absolute atomic E-state index is 4.91. The highest BCUT2D eigenvalue weighted by atomic mass is 32.2. The van der Waals surface area contributed by atoms with Crippen LogP contribution in [0.2, 0.25) is 0 Å². The molecule has 0 aliphatic carbocycles. The van der Waals surface area contributed by atoms with Gasteiger partial charge in [-0.2, -0.15) is 4.52 Å². The van der Waals surface area contributed by atoms with E-state index in [0.717, 1.165) is 33.6 Å². The molecule has 0 unspecified atom stereocenters. The molecule has 3 aromatic carbocycles. The fraction of sp³-hybridized carbons (Fsp3) is 0.0870. The lowest BCUT2D eigenvalue weighted by molar-refractivity contribution is 0.876. The van der Waals surface area contributed by atoms with Gasteiger partial charge in [-0.3, -0.25) is 0 Å². The van der Waals surface area contributed by atoms with Crippen molar-refractivity contribution in [3.8, 4) is 11.3 Å². The summed E-state index contributed by atoms with van der Waals surface area (Å²) < 4.78 is 1.82. The first-order valence-electron chi connectivity index (χ1n) is 9.40. The number of nitrogens with zero attached hydrogens (tertiary/aromatic N) is 4. The molecule has 2 aromatic heterocycles. The van der Waals surface area contributed by atoms with Gasteiger partial charge in [0.15, 0.2) is 5.65 Å². The molecule has 0 saturated carbocycles. The van der Waals surface area contributed by atoms with Gasteiger partial charge < -0.3 is 5.32 Å². The Bertz CT molecular complexity index is 1280. The summed E-state index contributed by atoms with van der Waals surface area (Å²) in [6.07, 6.45) is 2.09. The van der Waals surface area contributed by atoms with Gasteiger partial charge in [-0.15, -0.1) is 16.9 Å². The number of hydrogen-bond donors (Lipinski definition) is 1. The predicted octanol–water partition coefficient (Wildman–Crippen LogP) is 5.28. The third kappa shape index (κ3) is 3.32. The van der Waals surface area contributed by atoms with Crippen molar-refractivity contribution in [3.05, 3.63) is 84.4 Å². The normalized spacial score (nSPS) is 11.2. The molecule has 0 atom stereocenters. The van der Waals surface area contributed by atoms with Crippen LogP contribution in [-0.2, 0) is 6.54 Å². The molecular formula is C23H19N5S. The van der Waals surface area contributed by atoms with Crippen molar-refractivity contribution in [1.29, 1.82) is 0 Å². The molecule has 5 rings (SSSR count). The van der Waals surface area contributed by atoms with Crippen LogP contribution < -0.4 is 5.32 Å². The number of aromatic nitrogens is 4. The highest BCUT2D eigenvalue weighted by Gasteiger charge is 2.15. The topological polar surface area (TPSA) is 55.1 Å². The number of thioether (sulfide) groups is 1. The van der Waals surface area contributed by atoms with Gasteiger partial charge in [0.05, 0.1) is 5.52 Å². The zero-order chi connectivity index (χ0) is 19.6. The van der Waals surface area contributed by atoms with E-state index in [1.54, 1.807) is 11.8 Å². The number of hydrogen-bond acceptors (Lipinski definition) is 5. The van der Waals surface area contributed by atoms with E-state index in [9.17, 15) is 0 Å². The van der Waals surface area contributed by atoms with E-state index in [2.05, 4.69) is 52.2 Å². The lowest BCUT2D eigenvalue weighted by Gasteiger charge is -2.11. The quantitative estimate of drug-likeness (QED) is 0.409. The highest BCUT2D eigenvalue weighted by molar-refractivity contribution is 7.98. The van der Waals surface area contributed by atoms with Crippen LogP contribution in [0.15, 0.2) is 83.8 Å². The van der Waals surface area contributed by atoms with Gasteiger partial charge >= 0.3 is 0 Å². The Balaban J connectivity index is 1.59. The molecule has 6 heteroatoms. The number of nitrogens with one attached hydrogen (secondary N) is 1. The van der Waals surface area contributed by atoms with Crippen LogP contribution in [0, 0.1) is 0 Å². The first kappa shape index (κ1) is 17.7. The van der Waals surface area contributed by atoms with E-state index < -0.39 is 0 Å². The molecule has 5 aromatic rings. The minimum Gasteiger partial charge on any atom is -0.365 e. The van der Waals surface area contributed by atoms with Gasteiger partial charge in [-0.25, -0.2) is 4.98 Å². The number of fused-ring (bicyclic) bond motifs is 3. The lowest BCUT2D eigenvalue weighted by atomic mass is 10.1. The third-order valence-corrected chi connectivity index (χ3v) is 5.66. The molecule has 1 N–H and O–H groups in total. The van der Waals surface area contributed by atoms with Crippen molar-refractivity contribution in [2.45, 2.75) is 11.4 Å². The molecule has 0 aliphatic rings. The number of para-hydroxylation sites is 1. The second-order valence-corrected chi connectivity index (χ2v) is 7.60. The molecule has 29 heavy (non-hydrogen) atoms. The summed E-state index contributed by atoms with van der Waals surface area (Å²) in [5, 5.41) is 13.3. The molecule has 142 valence electrons. The maximum atomic E-state index is 4.91. The van der Waals surface area contributed by atoms with E-state index >= 15 is 0 Å². The molecule has 0 amide bonds. The minimum atomic E-state index is 0.698. The fourth-order valence-electron chi connectivity index (χ4n) is 3.41. The van der Waals surface area contributed by atoms with Crippen molar-refractivity contribution in [2.75, 3.05) is 11.6 Å². The Hall–Kier alpha value is -3.38. The molecule has 0 bridgehead atoms. The Morgan fingerprint density at radius 1 is 0.897 bits per heavy atom. The zero-order valence-electron chi connectivity index (χ0n) is 15.9. The third-order valence-electron chi connectivity index (χ3n) is 4.92. The fourth-order valence-corrected chi connectivity index (χ4v) is 3.82. The van der Waals surface area contributed by atoms with Crippen molar-refractivity contribution in [1.82, 2.24) is 19.8 Å². The Kier molecular flexibility index (Phi) is 4.62. The molecule has 0 saturated heterocycles. The van der Waals surface area contributed by atoms with Crippen LogP contribution in [0.4, 0.5) is 5.82 Å². The first-order chi connectivity index (χ1) is 14.3. The molecule has 2 heterocycles. The largest absolute Gasteiger partial charge is 0.365 e. The molecular weight excluding hydrogens is 378 g/mol. The van der Waals surface area contributed by atoms with E-state index in [0.29, 0.717) is 6.54 Å². The lowest BCUT2D eigenvalue weighted by Crippen LogP contribution is -2.05. The van der Waals surface area contributed by atoms with Gasteiger partial charge in [0.2, 0.25) is 0 Å². The van der Waals surface area contributed by atoms with Crippen LogP contribution in [0.1, 0.15) is 5.56 Å². The first-order valence-corrected chi connectivity index (χ1v) is 10.6. The monoisotopic (exact) mass is 397 g/mol. The molecule has 0 spiro atoms. The van der Waals surface area contributed by atoms with Gasteiger partial charge in [0, 0.05) is 22.4 Å². The summed E-state index contributed by atoms with van der Waals surface area (Å²) in [6, 6.07) is 26.8. The second-order valence-electron chi connectivity index (χ2n) is 6.72. The summed E-state index contributed by atoms with van der Waals surface area (Å²) in [5.74, 6) is 0.835. The van der Waals surface area contributed by atoms with Crippen LogP contribution >= 0.6 is 11.8 Å². The average molecular weight is 398 g/mol. The highest BCUT2D eigenvalue weighted by Crippen LogP contribution is 2.28. The summed E-state index contributed by atoms with van der Waals surface area (Å²) in [4.78, 5) is 6.17. The van der Waals surface area contributed by atoms with Gasteiger partial charge in [0.25, 0.3) is 0 Å². The van der Waals surface area contributed by atoms with E-state index in [1.807, 2.05) is 53.0 Å². The summed E-state index contributed by atoms with van der Waals surface area (Å²) in [6.45, 7) is 0.698. The minimum absolute atomic E-state index is 0.698. The SMILES string of the molecule is CSc1ccc(CNc2nc3c(-c4ccccc4)nnn3c3ccccc23)cc1. The van der Waals surface area contributed by atoms with Gasteiger partial charge in [-0.1, -0.05) is 59.8 Å². The average Bonchev–Trinajstić information content (AvgIpc) is 3.22. The maximum Gasteiger partial charge on any atom is 0.186 e. The summed E-state index contributed by atoms with van der Waals surface area (Å²) in [5.41, 5.74) is 4.72. The van der Waals surface area contributed by atoms with E-state index in [1.165, 1.54) is 10.5 Å². The molecule has 0 aliphatic heterocycles. The van der Waals surface area contributed by atoms with E-state index in [-0.39, 0.29) is 0 Å². The Labute approximate surface area is 172 Å². The second kappa shape index (κ2) is 7.56. The van der Waals surface area contributed by atoms with Gasteiger partial charge in [-0.05, 0) is 36.1 Å². The summed E-state index contributed by atoms with van der Waals surface area (Å²) >= 11 is 1.75. The van der Waals surface area contributed by atoms with Crippen LogP contribution in [0.25, 0.3) is 27.8 Å². The van der Waals surface area contributed by atoms with Crippen LogP contribution in [0.3, 0.4) is 0 Å². The summed E-state index contributed by atoms with van der Waals surface area (Å²) in [7, 11) is 0. The van der Waals surface area contributed by atoms with Crippen molar-refractivity contribution >= 4 is 34.1 Å². The number of rotatable bonds is 5. The zero-order valence-corrected chi connectivity index (χ0v) is 16.7.